The van der Waals surface area contributed by atoms with Crippen molar-refractivity contribution in [2.24, 2.45) is 7.05 Å². The normalized spacial score (nSPS) is 10.8. The molecule has 0 aliphatic heterocycles. The van der Waals surface area contributed by atoms with Gasteiger partial charge in [0.1, 0.15) is 5.52 Å². The van der Waals surface area contributed by atoms with Crippen molar-refractivity contribution in [3.63, 3.8) is 0 Å². The van der Waals surface area contributed by atoms with Crippen molar-refractivity contribution in [2.45, 2.75) is 12.1 Å². The number of aryl methyl sites for hydroxylation is 1. The summed E-state index contributed by atoms with van der Waals surface area (Å²) in [6, 6.07) is 6.94. The number of carbonyl (C=O) groups is 1. The Kier molecular flexibility index (Phi) is 5.41. The first kappa shape index (κ1) is 18.8. The number of nitrogens with one attached hydrogen (secondary N) is 2. The summed E-state index contributed by atoms with van der Waals surface area (Å²) < 4.78 is 11.8. The number of hydrogen-bond acceptors (Lipinski definition) is 6. The Bertz CT molecular complexity index is 1060. The van der Waals surface area contributed by atoms with E-state index in [1.165, 1.54) is 23.4 Å². The lowest BCUT2D eigenvalue weighted by Crippen LogP contribution is -2.21. The molecule has 2 N–H and O–H groups in total. The van der Waals surface area contributed by atoms with Crippen LogP contribution in [0.1, 0.15) is 5.69 Å². The molecule has 142 valence electrons. The predicted molar refractivity (Wildman–Crippen MR) is 105 cm³/mol. The quantitative estimate of drug-likeness (QED) is 0.497. The number of fused-ring (bicyclic) bond motifs is 1. The molecule has 0 unspecified atom stereocenters. The third kappa shape index (κ3) is 3.92. The number of benzene rings is 1. The lowest BCUT2D eigenvalue weighted by atomic mass is 10.2. The number of aromatic amines is 1. The fourth-order valence-corrected chi connectivity index (χ4v) is 3.40. The van der Waals surface area contributed by atoms with Crippen molar-refractivity contribution in [3.8, 4) is 11.5 Å². The largest absolute Gasteiger partial charge is 0.493 e. The third-order valence-electron chi connectivity index (χ3n) is 3.95. The average Bonchev–Trinajstić information content (AvgIpc) is 3.03. The molecule has 3 aromatic rings. The summed E-state index contributed by atoms with van der Waals surface area (Å²) in [5.74, 6) is 1.01. The molecule has 8 nitrogen and oxygen atoms in total. The van der Waals surface area contributed by atoms with Crippen LogP contribution >= 0.6 is 11.8 Å². The highest BCUT2D eigenvalue weighted by Crippen LogP contribution is 2.29. The minimum atomic E-state index is -0.216. The molecule has 0 saturated heterocycles. The van der Waals surface area contributed by atoms with E-state index >= 15 is 0 Å². The molecule has 0 spiro atoms. The summed E-state index contributed by atoms with van der Waals surface area (Å²) in [4.78, 5) is 32.1. The van der Waals surface area contributed by atoms with E-state index in [0.29, 0.717) is 33.4 Å². The summed E-state index contributed by atoms with van der Waals surface area (Å²) in [5, 5.41) is 3.28. The maximum atomic E-state index is 12.4. The van der Waals surface area contributed by atoms with E-state index in [2.05, 4.69) is 15.3 Å². The van der Waals surface area contributed by atoms with Crippen molar-refractivity contribution in [1.82, 2.24) is 14.5 Å². The zero-order valence-corrected chi connectivity index (χ0v) is 16.3. The molecule has 0 fully saturated rings. The van der Waals surface area contributed by atoms with Crippen molar-refractivity contribution < 1.29 is 14.3 Å². The van der Waals surface area contributed by atoms with Crippen LogP contribution in [0.2, 0.25) is 0 Å². The van der Waals surface area contributed by atoms with Gasteiger partial charge in [0.2, 0.25) is 5.91 Å². The van der Waals surface area contributed by atoms with Crippen LogP contribution in [0, 0.1) is 6.92 Å². The van der Waals surface area contributed by atoms with Gasteiger partial charge in [0.25, 0.3) is 5.56 Å². The predicted octanol–water partition coefficient (Wildman–Crippen LogP) is 2.32. The number of ether oxygens (including phenoxy) is 2. The van der Waals surface area contributed by atoms with Gasteiger partial charge in [-0.15, -0.1) is 0 Å². The standard InChI is InChI=1S/C18H20N4O4S/c1-10-7-12-16(19-10)17(24)22(2)18(21-12)27-9-15(23)20-11-5-6-13(25-3)14(8-11)26-4/h5-8,19H,9H2,1-4H3,(H,20,23). The second-order valence-corrected chi connectivity index (χ2v) is 6.82. The minimum absolute atomic E-state index is 0.115. The van der Waals surface area contributed by atoms with Gasteiger partial charge in [0, 0.05) is 24.5 Å². The van der Waals surface area contributed by atoms with Crippen LogP contribution in [0.25, 0.3) is 11.0 Å². The van der Waals surface area contributed by atoms with Crippen molar-refractivity contribution in [2.75, 3.05) is 25.3 Å². The fraction of sp³-hybridized carbons (Fsp3) is 0.278. The highest BCUT2D eigenvalue weighted by Gasteiger charge is 2.13. The molecule has 9 heteroatoms. The molecule has 3 rings (SSSR count). The first-order valence-electron chi connectivity index (χ1n) is 8.14. The van der Waals surface area contributed by atoms with E-state index < -0.39 is 0 Å². The highest BCUT2D eigenvalue weighted by molar-refractivity contribution is 7.99. The van der Waals surface area contributed by atoms with E-state index in [1.54, 1.807) is 32.4 Å². The number of amides is 1. The summed E-state index contributed by atoms with van der Waals surface area (Å²) in [7, 11) is 4.72. The van der Waals surface area contributed by atoms with Crippen LogP contribution in [-0.4, -0.2) is 40.4 Å². The molecule has 1 aromatic carbocycles. The van der Waals surface area contributed by atoms with Gasteiger partial charge in [-0.25, -0.2) is 4.98 Å². The minimum Gasteiger partial charge on any atom is -0.493 e. The Hall–Kier alpha value is -2.94. The summed E-state index contributed by atoms with van der Waals surface area (Å²) in [5.41, 5.74) is 2.35. The van der Waals surface area contributed by atoms with Gasteiger partial charge in [-0.05, 0) is 25.1 Å². The van der Waals surface area contributed by atoms with Gasteiger partial charge in [0.15, 0.2) is 16.7 Å². The van der Waals surface area contributed by atoms with Crippen molar-refractivity contribution in [1.29, 1.82) is 0 Å². The Labute approximate surface area is 159 Å². The maximum absolute atomic E-state index is 12.4. The second kappa shape index (κ2) is 7.75. The number of H-pyrrole nitrogens is 1. The molecule has 0 atom stereocenters. The smallest absolute Gasteiger partial charge is 0.278 e. The number of thioether (sulfide) groups is 1. The molecule has 1 amide bonds. The number of nitrogens with zero attached hydrogens (tertiary/aromatic N) is 2. The Morgan fingerprint density at radius 1 is 1.26 bits per heavy atom. The SMILES string of the molecule is COc1ccc(NC(=O)CSc2nc3cc(C)[nH]c3c(=O)n2C)cc1OC. The Morgan fingerprint density at radius 3 is 2.70 bits per heavy atom. The van der Waals surface area contributed by atoms with Gasteiger partial charge >= 0.3 is 0 Å². The van der Waals surface area contributed by atoms with E-state index in [0.717, 1.165) is 5.69 Å². The number of aromatic nitrogens is 3. The maximum Gasteiger partial charge on any atom is 0.278 e. The summed E-state index contributed by atoms with van der Waals surface area (Å²) >= 11 is 1.20. The Balaban J connectivity index is 1.72. The third-order valence-corrected chi connectivity index (χ3v) is 4.98. The molecular weight excluding hydrogens is 368 g/mol. The molecule has 0 aliphatic carbocycles. The molecule has 0 bridgehead atoms. The van der Waals surface area contributed by atoms with Crippen LogP contribution in [-0.2, 0) is 11.8 Å². The van der Waals surface area contributed by atoms with Gasteiger partial charge in [-0.2, -0.15) is 0 Å². The number of methoxy groups -OCH3 is 2. The monoisotopic (exact) mass is 388 g/mol. The van der Waals surface area contributed by atoms with Crippen LogP contribution in [0.3, 0.4) is 0 Å². The highest BCUT2D eigenvalue weighted by atomic mass is 32.2. The second-order valence-electron chi connectivity index (χ2n) is 5.88. The van der Waals surface area contributed by atoms with Crippen LogP contribution < -0.4 is 20.3 Å². The van der Waals surface area contributed by atoms with Gasteiger partial charge < -0.3 is 19.8 Å². The van der Waals surface area contributed by atoms with E-state index in [1.807, 2.05) is 13.0 Å². The van der Waals surface area contributed by atoms with E-state index in [9.17, 15) is 9.59 Å². The molecular formula is C18H20N4O4S. The van der Waals surface area contributed by atoms with Crippen molar-refractivity contribution in [3.05, 3.63) is 40.3 Å². The average molecular weight is 388 g/mol. The summed E-state index contributed by atoms with van der Waals surface area (Å²) in [6.07, 6.45) is 0. The van der Waals surface area contributed by atoms with Gasteiger partial charge in [0.05, 0.1) is 25.5 Å². The Morgan fingerprint density at radius 2 is 2.00 bits per heavy atom. The number of carbonyl (C=O) groups excluding carboxylic acids is 1. The fourth-order valence-electron chi connectivity index (χ4n) is 2.63. The molecule has 0 radical (unpaired) electrons. The molecule has 0 saturated carbocycles. The van der Waals surface area contributed by atoms with Gasteiger partial charge in [-0.1, -0.05) is 11.8 Å². The number of hydrogen-bond donors (Lipinski definition) is 2. The summed E-state index contributed by atoms with van der Waals surface area (Å²) in [6.45, 7) is 1.87. The van der Waals surface area contributed by atoms with Gasteiger partial charge in [-0.3, -0.25) is 14.2 Å². The molecule has 27 heavy (non-hydrogen) atoms. The van der Waals surface area contributed by atoms with Crippen molar-refractivity contribution >= 4 is 34.4 Å². The van der Waals surface area contributed by atoms with Crippen LogP contribution in [0.5, 0.6) is 11.5 Å². The molecule has 0 aliphatic rings. The first-order valence-corrected chi connectivity index (χ1v) is 9.12. The zero-order valence-electron chi connectivity index (χ0n) is 15.5. The first-order chi connectivity index (χ1) is 12.9. The molecule has 2 aromatic heterocycles. The van der Waals surface area contributed by atoms with Crippen LogP contribution in [0.4, 0.5) is 5.69 Å². The number of rotatable bonds is 6. The van der Waals surface area contributed by atoms with E-state index in [-0.39, 0.29) is 17.2 Å². The lowest BCUT2D eigenvalue weighted by Gasteiger charge is -2.11. The van der Waals surface area contributed by atoms with Crippen LogP contribution in [0.15, 0.2) is 34.2 Å². The van der Waals surface area contributed by atoms with E-state index in [4.69, 9.17) is 9.47 Å². The number of anilines is 1. The lowest BCUT2D eigenvalue weighted by molar-refractivity contribution is -0.113. The zero-order chi connectivity index (χ0) is 19.6. The molecule has 2 heterocycles. The topological polar surface area (TPSA) is 98.2 Å².